The van der Waals surface area contributed by atoms with E-state index in [4.69, 9.17) is 9.84 Å². The standard InChI is InChI=1S/C13H13BrFNO4/c14-10-3-1-2-9(12(10)15)13(19)16-4-5-20-7-8(16)6-11(17)18/h1-3,8H,4-7H2,(H,17,18). The molecule has 2 rings (SSSR count). The molecule has 1 aromatic carbocycles. The quantitative estimate of drug-likeness (QED) is 0.908. The van der Waals surface area contributed by atoms with Crippen molar-refractivity contribution in [1.82, 2.24) is 4.90 Å². The summed E-state index contributed by atoms with van der Waals surface area (Å²) in [4.78, 5) is 24.6. The van der Waals surface area contributed by atoms with Crippen molar-refractivity contribution in [3.63, 3.8) is 0 Å². The fourth-order valence-electron chi connectivity index (χ4n) is 2.12. The van der Waals surface area contributed by atoms with Gasteiger partial charge in [-0.15, -0.1) is 0 Å². The topological polar surface area (TPSA) is 66.8 Å². The van der Waals surface area contributed by atoms with Crippen molar-refractivity contribution < 1.29 is 23.8 Å². The fraction of sp³-hybridized carbons (Fsp3) is 0.385. The molecular weight excluding hydrogens is 333 g/mol. The number of hydrogen-bond acceptors (Lipinski definition) is 3. The number of carbonyl (C=O) groups excluding carboxylic acids is 1. The molecule has 1 aliphatic heterocycles. The highest BCUT2D eigenvalue weighted by atomic mass is 79.9. The van der Waals surface area contributed by atoms with E-state index >= 15 is 0 Å². The normalized spacial score (nSPS) is 18.9. The third kappa shape index (κ3) is 3.16. The smallest absolute Gasteiger partial charge is 0.305 e. The molecule has 1 saturated heterocycles. The Morgan fingerprint density at radius 1 is 1.50 bits per heavy atom. The molecule has 1 unspecified atom stereocenters. The van der Waals surface area contributed by atoms with Gasteiger partial charge in [0.25, 0.3) is 5.91 Å². The van der Waals surface area contributed by atoms with Gasteiger partial charge < -0.3 is 14.7 Å². The number of hydrogen-bond donors (Lipinski definition) is 1. The van der Waals surface area contributed by atoms with Gasteiger partial charge in [-0.3, -0.25) is 9.59 Å². The Kier molecular flexibility index (Phi) is 4.72. The van der Waals surface area contributed by atoms with Gasteiger partial charge in [0, 0.05) is 6.54 Å². The van der Waals surface area contributed by atoms with Gasteiger partial charge in [-0.2, -0.15) is 0 Å². The van der Waals surface area contributed by atoms with Gasteiger partial charge in [-0.1, -0.05) is 6.07 Å². The number of carbonyl (C=O) groups is 2. The second-order valence-corrected chi connectivity index (χ2v) is 5.28. The Morgan fingerprint density at radius 2 is 2.25 bits per heavy atom. The van der Waals surface area contributed by atoms with Crippen LogP contribution >= 0.6 is 15.9 Å². The second-order valence-electron chi connectivity index (χ2n) is 4.43. The third-order valence-electron chi connectivity index (χ3n) is 3.08. The zero-order valence-electron chi connectivity index (χ0n) is 10.5. The first-order valence-electron chi connectivity index (χ1n) is 6.05. The van der Waals surface area contributed by atoms with Crippen LogP contribution in [0.4, 0.5) is 4.39 Å². The van der Waals surface area contributed by atoms with Crippen molar-refractivity contribution in [2.45, 2.75) is 12.5 Å². The maximum atomic E-state index is 14.0. The fourth-order valence-corrected chi connectivity index (χ4v) is 2.48. The largest absolute Gasteiger partial charge is 0.481 e. The lowest BCUT2D eigenvalue weighted by atomic mass is 10.1. The summed E-state index contributed by atoms with van der Waals surface area (Å²) in [7, 11) is 0. The van der Waals surface area contributed by atoms with Crippen molar-refractivity contribution in [2.24, 2.45) is 0 Å². The summed E-state index contributed by atoms with van der Waals surface area (Å²) < 4.78 is 19.3. The molecule has 1 fully saturated rings. The molecular formula is C13H13BrFNO4. The summed E-state index contributed by atoms with van der Waals surface area (Å²) in [6, 6.07) is 3.87. The van der Waals surface area contributed by atoms with Crippen LogP contribution in [0.2, 0.25) is 0 Å². The van der Waals surface area contributed by atoms with E-state index < -0.39 is 23.7 Å². The zero-order chi connectivity index (χ0) is 14.7. The summed E-state index contributed by atoms with van der Waals surface area (Å²) >= 11 is 3.03. The number of aliphatic carboxylic acids is 1. The SMILES string of the molecule is O=C(O)CC1COCCN1C(=O)c1cccc(Br)c1F. The van der Waals surface area contributed by atoms with Gasteiger partial charge in [0.15, 0.2) is 0 Å². The molecule has 0 aliphatic carbocycles. The van der Waals surface area contributed by atoms with E-state index in [1.165, 1.54) is 17.0 Å². The highest BCUT2D eigenvalue weighted by Gasteiger charge is 2.31. The van der Waals surface area contributed by atoms with Gasteiger partial charge in [-0.25, -0.2) is 4.39 Å². The molecule has 108 valence electrons. The average molecular weight is 346 g/mol. The van der Waals surface area contributed by atoms with Crippen LogP contribution in [0.25, 0.3) is 0 Å². The Hall–Kier alpha value is -1.47. The first-order valence-corrected chi connectivity index (χ1v) is 6.84. The molecule has 0 aromatic heterocycles. The Balaban J connectivity index is 2.25. The monoisotopic (exact) mass is 345 g/mol. The average Bonchev–Trinajstić information content (AvgIpc) is 2.41. The number of carboxylic acid groups (broad SMARTS) is 1. The molecule has 1 aromatic rings. The molecule has 20 heavy (non-hydrogen) atoms. The van der Waals surface area contributed by atoms with Crippen molar-refractivity contribution in [1.29, 1.82) is 0 Å². The van der Waals surface area contributed by atoms with E-state index in [2.05, 4.69) is 15.9 Å². The van der Waals surface area contributed by atoms with E-state index in [-0.39, 0.29) is 29.6 Å². The molecule has 1 N–H and O–H groups in total. The van der Waals surface area contributed by atoms with Gasteiger partial charge >= 0.3 is 5.97 Å². The minimum atomic E-state index is -1.02. The number of morpholine rings is 1. The highest BCUT2D eigenvalue weighted by molar-refractivity contribution is 9.10. The summed E-state index contributed by atoms with van der Waals surface area (Å²) in [5.41, 5.74) is -0.0725. The molecule has 7 heteroatoms. The van der Waals surface area contributed by atoms with Gasteiger partial charge in [0.2, 0.25) is 0 Å². The van der Waals surface area contributed by atoms with Gasteiger partial charge in [0.1, 0.15) is 5.82 Å². The lowest BCUT2D eigenvalue weighted by molar-refractivity contribution is -0.139. The Labute approximate surface area is 123 Å². The van der Waals surface area contributed by atoms with Crippen LogP contribution < -0.4 is 0 Å². The van der Waals surface area contributed by atoms with Crippen molar-refractivity contribution >= 4 is 27.8 Å². The Morgan fingerprint density at radius 3 is 2.95 bits per heavy atom. The van der Waals surface area contributed by atoms with E-state index in [1.807, 2.05) is 0 Å². The van der Waals surface area contributed by atoms with Crippen LogP contribution in [0.15, 0.2) is 22.7 Å². The van der Waals surface area contributed by atoms with Crippen LogP contribution in [0.5, 0.6) is 0 Å². The number of carboxylic acids is 1. The van der Waals surface area contributed by atoms with Crippen LogP contribution in [0, 0.1) is 5.82 Å². The summed E-state index contributed by atoms with van der Waals surface area (Å²) in [6.07, 6.45) is -0.221. The highest BCUT2D eigenvalue weighted by Crippen LogP contribution is 2.22. The number of rotatable bonds is 3. The summed E-state index contributed by atoms with van der Waals surface area (Å²) in [5, 5.41) is 8.86. The van der Waals surface area contributed by atoms with Crippen molar-refractivity contribution in [3.8, 4) is 0 Å². The first-order chi connectivity index (χ1) is 9.50. The third-order valence-corrected chi connectivity index (χ3v) is 3.69. The predicted molar refractivity (Wildman–Crippen MR) is 72.0 cm³/mol. The Bertz CT molecular complexity index is 537. The number of ether oxygens (including phenoxy) is 1. The number of benzene rings is 1. The second kappa shape index (κ2) is 6.32. The number of nitrogens with zero attached hydrogens (tertiary/aromatic N) is 1. The van der Waals surface area contributed by atoms with Crippen LogP contribution in [-0.2, 0) is 9.53 Å². The van der Waals surface area contributed by atoms with Crippen molar-refractivity contribution in [2.75, 3.05) is 19.8 Å². The van der Waals surface area contributed by atoms with E-state index in [9.17, 15) is 14.0 Å². The maximum absolute atomic E-state index is 14.0. The lowest BCUT2D eigenvalue weighted by Gasteiger charge is -2.35. The minimum Gasteiger partial charge on any atom is -0.481 e. The van der Waals surface area contributed by atoms with E-state index in [0.29, 0.717) is 6.61 Å². The molecule has 1 amide bonds. The van der Waals surface area contributed by atoms with E-state index in [1.54, 1.807) is 6.07 Å². The molecule has 0 saturated carbocycles. The molecule has 0 spiro atoms. The molecule has 1 heterocycles. The molecule has 0 radical (unpaired) electrons. The van der Waals surface area contributed by atoms with Gasteiger partial charge in [0.05, 0.1) is 35.7 Å². The predicted octanol–water partition coefficient (Wildman–Crippen LogP) is 1.90. The number of amides is 1. The maximum Gasteiger partial charge on any atom is 0.305 e. The number of halogens is 2. The summed E-state index contributed by atoms with van der Waals surface area (Å²) in [5.74, 6) is -2.18. The van der Waals surface area contributed by atoms with Crippen LogP contribution in [-0.4, -0.2) is 47.7 Å². The van der Waals surface area contributed by atoms with Crippen LogP contribution in [0.1, 0.15) is 16.8 Å². The zero-order valence-corrected chi connectivity index (χ0v) is 12.1. The van der Waals surface area contributed by atoms with Gasteiger partial charge in [-0.05, 0) is 28.1 Å². The molecule has 1 aliphatic rings. The van der Waals surface area contributed by atoms with E-state index in [0.717, 1.165) is 0 Å². The molecule has 1 atom stereocenters. The first kappa shape index (κ1) is 14.9. The lowest BCUT2D eigenvalue weighted by Crippen LogP contribution is -2.49. The molecule has 0 bridgehead atoms. The minimum absolute atomic E-state index is 0.0725. The van der Waals surface area contributed by atoms with Crippen LogP contribution in [0.3, 0.4) is 0 Å². The van der Waals surface area contributed by atoms with Crippen molar-refractivity contribution in [3.05, 3.63) is 34.1 Å². The summed E-state index contributed by atoms with van der Waals surface area (Å²) in [6.45, 7) is 0.716. The molecule has 5 nitrogen and oxygen atoms in total.